The summed E-state index contributed by atoms with van der Waals surface area (Å²) in [4.78, 5) is 13.3. The Morgan fingerprint density at radius 3 is 2.11 bits per heavy atom. The van der Waals surface area contributed by atoms with E-state index < -0.39 is 11.5 Å². The standard InChI is InChI=1S/C14H22N2O2/c1-5-16(6-2)12-9-7-11(8-10-12)15-14(3,4)13(17)18/h7-10,15H,5-6H2,1-4H3,(H,17,18). The van der Waals surface area contributed by atoms with Crippen LogP contribution >= 0.6 is 0 Å². The fourth-order valence-corrected chi connectivity index (χ4v) is 1.76. The van der Waals surface area contributed by atoms with Gasteiger partial charge >= 0.3 is 5.97 Å². The predicted octanol–water partition coefficient (Wildman–Crippen LogP) is 2.81. The highest BCUT2D eigenvalue weighted by molar-refractivity contribution is 5.81. The molecular formula is C14H22N2O2. The Hall–Kier alpha value is -1.71. The van der Waals surface area contributed by atoms with Crippen molar-refractivity contribution in [2.75, 3.05) is 23.3 Å². The van der Waals surface area contributed by atoms with E-state index in [1.54, 1.807) is 13.8 Å². The minimum atomic E-state index is -0.962. The fraction of sp³-hybridized carbons (Fsp3) is 0.500. The average molecular weight is 250 g/mol. The van der Waals surface area contributed by atoms with Gasteiger partial charge in [-0.05, 0) is 52.0 Å². The van der Waals surface area contributed by atoms with E-state index in [1.165, 1.54) is 0 Å². The Bertz CT molecular complexity index is 395. The van der Waals surface area contributed by atoms with E-state index in [0.717, 1.165) is 24.5 Å². The van der Waals surface area contributed by atoms with Crippen LogP contribution < -0.4 is 10.2 Å². The zero-order valence-electron chi connectivity index (χ0n) is 11.5. The lowest BCUT2D eigenvalue weighted by Crippen LogP contribution is -2.39. The van der Waals surface area contributed by atoms with Crippen LogP contribution in [0.3, 0.4) is 0 Å². The first-order chi connectivity index (χ1) is 8.40. The molecule has 0 spiro atoms. The highest BCUT2D eigenvalue weighted by Crippen LogP contribution is 2.20. The molecule has 0 saturated heterocycles. The molecule has 0 radical (unpaired) electrons. The third kappa shape index (κ3) is 3.39. The van der Waals surface area contributed by atoms with Crippen LogP contribution in [0.1, 0.15) is 27.7 Å². The predicted molar refractivity (Wildman–Crippen MR) is 75.3 cm³/mol. The van der Waals surface area contributed by atoms with Gasteiger partial charge < -0.3 is 15.3 Å². The zero-order chi connectivity index (χ0) is 13.8. The molecule has 1 rings (SSSR count). The number of hydrogen-bond acceptors (Lipinski definition) is 3. The molecule has 4 heteroatoms. The van der Waals surface area contributed by atoms with Crippen LogP contribution in [0.25, 0.3) is 0 Å². The van der Waals surface area contributed by atoms with Crippen molar-refractivity contribution in [3.8, 4) is 0 Å². The van der Waals surface area contributed by atoms with Gasteiger partial charge in [-0.25, -0.2) is 4.79 Å². The second kappa shape index (κ2) is 5.76. The van der Waals surface area contributed by atoms with E-state index in [-0.39, 0.29) is 0 Å². The van der Waals surface area contributed by atoms with Gasteiger partial charge in [0.15, 0.2) is 0 Å². The topological polar surface area (TPSA) is 52.6 Å². The van der Waals surface area contributed by atoms with Gasteiger partial charge in [-0.3, -0.25) is 0 Å². The summed E-state index contributed by atoms with van der Waals surface area (Å²) >= 11 is 0. The van der Waals surface area contributed by atoms with E-state index in [0.29, 0.717) is 0 Å². The first-order valence-corrected chi connectivity index (χ1v) is 6.27. The minimum Gasteiger partial charge on any atom is -0.480 e. The highest BCUT2D eigenvalue weighted by atomic mass is 16.4. The summed E-state index contributed by atoms with van der Waals surface area (Å²) in [6.07, 6.45) is 0. The van der Waals surface area contributed by atoms with Crippen molar-refractivity contribution in [1.29, 1.82) is 0 Å². The molecule has 2 N–H and O–H groups in total. The lowest BCUT2D eigenvalue weighted by atomic mass is 10.1. The quantitative estimate of drug-likeness (QED) is 0.815. The summed E-state index contributed by atoms with van der Waals surface area (Å²) in [6.45, 7) is 9.45. The van der Waals surface area contributed by atoms with Crippen molar-refractivity contribution in [2.45, 2.75) is 33.2 Å². The molecular weight excluding hydrogens is 228 g/mol. The lowest BCUT2D eigenvalue weighted by molar-refractivity contribution is -0.141. The SMILES string of the molecule is CCN(CC)c1ccc(NC(C)(C)C(=O)O)cc1. The normalized spacial score (nSPS) is 11.1. The summed E-state index contributed by atoms with van der Waals surface area (Å²) in [6, 6.07) is 7.84. The number of hydrogen-bond donors (Lipinski definition) is 2. The van der Waals surface area contributed by atoms with Crippen molar-refractivity contribution >= 4 is 17.3 Å². The van der Waals surface area contributed by atoms with Gasteiger partial charge in [0.2, 0.25) is 0 Å². The summed E-state index contributed by atoms with van der Waals surface area (Å²) in [5.74, 6) is -0.865. The van der Waals surface area contributed by atoms with Crippen molar-refractivity contribution in [3.05, 3.63) is 24.3 Å². The Kier molecular flexibility index (Phi) is 4.59. The second-order valence-electron chi connectivity index (χ2n) is 4.77. The number of benzene rings is 1. The number of nitrogens with zero attached hydrogens (tertiary/aromatic N) is 1. The zero-order valence-corrected chi connectivity index (χ0v) is 11.5. The largest absolute Gasteiger partial charge is 0.480 e. The summed E-state index contributed by atoms with van der Waals surface area (Å²) in [7, 11) is 0. The number of carboxylic acids is 1. The van der Waals surface area contributed by atoms with Crippen LogP contribution in [0.5, 0.6) is 0 Å². The molecule has 1 aromatic rings. The van der Waals surface area contributed by atoms with E-state index in [1.807, 2.05) is 24.3 Å². The van der Waals surface area contributed by atoms with Gasteiger partial charge in [-0.1, -0.05) is 0 Å². The van der Waals surface area contributed by atoms with E-state index in [9.17, 15) is 4.79 Å². The molecule has 0 fully saturated rings. The molecule has 4 nitrogen and oxygen atoms in total. The van der Waals surface area contributed by atoms with Crippen LogP contribution in [0.4, 0.5) is 11.4 Å². The van der Waals surface area contributed by atoms with Crippen molar-refractivity contribution in [3.63, 3.8) is 0 Å². The van der Waals surface area contributed by atoms with Crippen LogP contribution in [0, 0.1) is 0 Å². The molecule has 0 aliphatic carbocycles. The molecule has 0 atom stereocenters. The highest BCUT2D eigenvalue weighted by Gasteiger charge is 2.26. The summed E-state index contributed by atoms with van der Waals surface area (Å²) in [5.41, 5.74) is 1.01. The van der Waals surface area contributed by atoms with Crippen molar-refractivity contribution in [2.24, 2.45) is 0 Å². The van der Waals surface area contributed by atoms with Gasteiger partial charge in [0.05, 0.1) is 0 Å². The number of aliphatic carboxylic acids is 1. The summed E-state index contributed by atoms with van der Waals surface area (Å²) in [5, 5.41) is 12.1. The minimum absolute atomic E-state index is 0.818. The Balaban J connectivity index is 2.80. The van der Waals surface area contributed by atoms with Gasteiger partial charge in [-0.2, -0.15) is 0 Å². The van der Waals surface area contributed by atoms with Gasteiger partial charge in [-0.15, -0.1) is 0 Å². The van der Waals surface area contributed by atoms with E-state index >= 15 is 0 Å². The monoisotopic (exact) mass is 250 g/mol. The smallest absolute Gasteiger partial charge is 0.328 e. The maximum atomic E-state index is 11.0. The van der Waals surface area contributed by atoms with Crippen LogP contribution in [-0.4, -0.2) is 29.7 Å². The van der Waals surface area contributed by atoms with Crippen LogP contribution in [0.15, 0.2) is 24.3 Å². The maximum Gasteiger partial charge on any atom is 0.328 e. The lowest BCUT2D eigenvalue weighted by Gasteiger charge is -2.24. The van der Waals surface area contributed by atoms with E-state index in [4.69, 9.17) is 5.11 Å². The number of nitrogens with one attached hydrogen (secondary N) is 1. The number of carbonyl (C=O) groups is 1. The molecule has 0 bridgehead atoms. The van der Waals surface area contributed by atoms with Crippen LogP contribution in [-0.2, 0) is 4.79 Å². The molecule has 0 saturated carbocycles. The molecule has 18 heavy (non-hydrogen) atoms. The molecule has 100 valence electrons. The Labute approximate surface area is 109 Å². The van der Waals surface area contributed by atoms with Gasteiger partial charge in [0.1, 0.15) is 5.54 Å². The van der Waals surface area contributed by atoms with Crippen LogP contribution in [0.2, 0.25) is 0 Å². The maximum absolute atomic E-state index is 11.0. The number of carboxylic acid groups (broad SMARTS) is 1. The first-order valence-electron chi connectivity index (χ1n) is 6.27. The average Bonchev–Trinajstić information content (AvgIpc) is 2.32. The van der Waals surface area contributed by atoms with Gasteiger partial charge in [0, 0.05) is 24.5 Å². The first kappa shape index (κ1) is 14.4. The molecule has 0 unspecified atom stereocenters. The third-order valence-electron chi connectivity index (χ3n) is 2.99. The Morgan fingerprint density at radius 2 is 1.72 bits per heavy atom. The molecule has 0 amide bonds. The van der Waals surface area contributed by atoms with Gasteiger partial charge in [0.25, 0.3) is 0 Å². The number of anilines is 2. The molecule has 0 aliphatic rings. The number of rotatable bonds is 6. The second-order valence-corrected chi connectivity index (χ2v) is 4.77. The molecule has 0 aliphatic heterocycles. The molecule has 1 aromatic carbocycles. The van der Waals surface area contributed by atoms with E-state index in [2.05, 4.69) is 24.1 Å². The molecule has 0 heterocycles. The van der Waals surface area contributed by atoms with Crippen molar-refractivity contribution in [1.82, 2.24) is 0 Å². The molecule has 0 aromatic heterocycles. The fourth-order valence-electron chi connectivity index (χ4n) is 1.76. The third-order valence-corrected chi connectivity index (χ3v) is 2.99. The van der Waals surface area contributed by atoms with Crippen molar-refractivity contribution < 1.29 is 9.90 Å². The Morgan fingerprint density at radius 1 is 1.22 bits per heavy atom. The summed E-state index contributed by atoms with van der Waals surface area (Å²) < 4.78 is 0.